The first kappa shape index (κ1) is 18.1. The Balaban J connectivity index is 1.59. The van der Waals surface area contributed by atoms with Gasteiger partial charge in [-0.15, -0.1) is 0 Å². The summed E-state index contributed by atoms with van der Waals surface area (Å²) in [5, 5.41) is 0. The number of esters is 1. The van der Waals surface area contributed by atoms with Crippen molar-refractivity contribution < 1.29 is 23.8 Å². The molecule has 0 saturated carbocycles. The number of benzene rings is 2. The standard InChI is InChI=1S/C20H16N2O5/c23-19(25-12-15-7-3-1-4-8-15)17-11-21-14-22-18(17)27-20(24)26-13-16-9-5-2-6-10-16/h1-11,14H,12-13H2. The van der Waals surface area contributed by atoms with E-state index in [4.69, 9.17) is 14.2 Å². The molecule has 0 aliphatic carbocycles. The molecule has 0 unspecified atom stereocenters. The van der Waals surface area contributed by atoms with Gasteiger partial charge >= 0.3 is 12.1 Å². The van der Waals surface area contributed by atoms with E-state index >= 15 is 0 Å². The number of ether oxygens (including phenoxy) is 3. The quantitative estimate of drug-likeness (QED) is 0.618. The fourth-order valence-corrected chi connectivity index (χ4v) is 2.17. The Kier molecular flexibility index (Phi) is 6.08. The molecule has 136 valence electrons. The summed E-state index contributed by atoms with van der Waals surface area (Å²) in [5.74, 6) is -0.925. The smallest absolute Gasteiger partial charge is 0.457 e. The molecule has 0 spiro atoms. The van der Waals surface area contributed by atoms with Gasteiger partial charge in [-0.25, -0.2) is 19.6 Å². The molecule has 0 aliphatic heterocycles. The molecule has 0 bridgehead atoms. The molecule has 0 atom stereocenters. The maximum Gasteiger partial charge on any atom is 0.515 e. The molecule has 0 saturated heterocycles. The normalized spacial score (nSPS) is 10.1. The Bertz CT molecular complexity index is 901. The number of hydrogen-bond donors (Lipinski definition) is 0. The predicted octanol–water partition coefficient (Wildman–Crippen LogP) is 3.55. The lowest BCUT2D eigenvalue weighted by Crippen LogP contribution is -2.15. The summed E-state index contributed by atoms with van der Waals surface area (Å²) in [6, 6.07) is 18.3. The zero-order valence-corrected chi connectivity index (χ0v) is 14.3. The van der Waals surface area contributed by atoms with Gasteiger partial charge in [0.15, 0.2) is 0 Å². The van der Waals surface area contributed by atoms with Crippen LogP contribution in [0.2, 0.25) is 0 Å². The van der Waals surface area contributed by atoms with Gasteiger partial charge in [0, 0.05) is 6.20 Å². The van der Waals surface area contributed by atoms with Crippen LogP contribution < -0.4 is 4.74 Å². The Morgan fingerprint density at radius 3 is 2.04 bits per heavy atom. The fraction of sp³-hybridized carbons (Fsp3) is 0.100. The summed E-state index contributed by atoms with van der Waals surface area (Å²) in [6.45, 7) is 0.116. The second kappa shape index (κ2) is 9.10. The summed E-state index contributed by atoms with van der Waals surface area (Å²) in [4.78, 5) is 31.7. The number of rotatable bonds is 6. The predicted molar refractivity (Wildman–Crippen MR) is 94.8 cm³/mol. The van der Waals surface area contributed by atoms with Gasteiger partial charge in [-0.3, -0.25) is 0 Å². The highest BCUT2D eigenvalue weighted by molar-refractivity contribution is 5.92. The van der Waals surface area contributed by atoms with Crippen LogP contribution in [0.3, 0.4) is 0 Å². The summed E-state index contributed by atoms with van der Waals surface area (Å²) in [6.07, 6.45) is 1.41. The maximum atomic E-state index is 12.3. The van der Waals surface area contributed by atoms with Crippen LogP contribution in [-0.4, -0.2) is 22.1 Å². The fourth-order valence-electron chi connectivity index (χ4n) is 2.17. The minimum atomic E-state index is -0.977. The number of aromatic nitrogens is 2. The molecule has 0 radical (unpaired) electrons. The SMILES string of the molecule is O=C(OCc1ccccc1)Oc1ncncc1C(=O)OCc1ccccc1. The van der Waals surface area contributed by atoms with Crippen molar-refractivity contribution >= 4 is 12.1 Å². The van der Waals surface area contributed by atoms with E-state index in [1.165, 1.54) is 6.20 Å². The van der Waals surface area contributed by atoms with E-state index in [1.54, 1.807) is 0 Å². The molecule has 27 heavy (non-hydrogen) atoms. The van der Waals surface area contributed by atoms with Crippen LogP contribution >= 0.6 is 0 Å². The van der Waals surface area contributed by atoms with Crippen molar-refractivity contribution in [2.75, 3.05) is 0 Å². The van der Waals surface area contributed by atoms with Crippen LogP contribution in [0.25, 0.3) is 0 Å². The van der Waals surface area contributed by atoms with Gasteiger partial charge < -0.3 is 14.2 Å². The Morgan fingerprint density at radius 1 is 0.815 bits per heavy atom. The summed E-state index contributed by atoms with van der Waals surface area (Å²) >= 11 is 0. The highest BCUT2D eigenvalue weighted by Crippen LogP contribution is 2.16. The lowest BCUT2D eigenvalue weighted by atomic mass is 10.2. The van der Waals surface area contributed by atoms with Crippen LogP contribution in [0.4, 0.5) is 4.79 Å². The van der Waals surface area contributed by atoms with Crippen LogP contribution in [0, 0.1) is 0 Å². The molecule has 0 amide bonds. The number of nitrogens with zero attached hydrogens (tertiary/aromatic N) is 2. The van der Waals surface area contributed by atoms with Crippen molar-refractivity contribution in [2.45, 2.75) is 13.2 Å². The zero-order chi connectivity index (χ0) is 18.9. The second-order valence-electron chi connectivity index (χ2n) is 5.43. The third-order valence-electron chi connectivity index (χ3n) is 3.49. The van der Waals surface area contributed by atoms with Crippen molar-refractivity contribution in [3.05, 3.63) is 89.9 Å². The first-order chi connectivity index (χ1) is 13.2. The molecule has 0 fully saturated rings. The van der Waals surface area contributed by atoms with E-state index in [9.17, 15) is 9.59 Å². The molecule has 3 rings (SSSR count). The highest BCUT2D eigenvalue weighted by Gasteiger charge is 2.19. The molecule has 3 aromatic rings. The van der Waals surface area contributed by atoms with Crippen molar-refractivity contribution in [3.8, 4) is 5.88 Å². The average Bonchev–Trinajstić information content (AvgIpc) is 2.72. The first-order valence-electron chi connectivity index (χ1n) is 8.12. The number of carbonyl (C=O) groups excluding carboxylic acids is 2. The molecular formula is C20H16N2O5. The second-order valence-corrected chi connectivity index (χ2v) is 5.43. The lowest BCUT2D eigenvalue weighted by molar-refractivity contribution is 0.0464. The van der Waals surface area contributed by atoms with Crippen molar-refractivity contribution in [3.63, 3.8) is 0 Å². The van der Waals surface area contributed by atoms with Gasteiger partial charge in [-0.2, -0.15) is 0 Å². The third-order valence-corrected chi connectivity index (χ3v) is 3.49. The Morgan fingerprint density at radius 2 is 1.41 bits per heavy atom. The molecule has 1 aromatic heterocycles. The largest absolute Gasteiger partial charge is 0.515 e. The number of carbonyl (C=O) groups is 2. The molecule has 7 nitrogen and oxygen atoms in total. The molecule has 0 N–H and O–H groups in total. The van der Waals surface area contributed by atoms with Crippen LogP contribution in [0.1, 0.15) is 21.5 Å². The lowest BCUT2D eigenvalue weighted by Gasteiger charge is -2.09. The third kappa shape index (κ3) is 5.37. The summed E-state index contributed by atoms with van der Waals surface area (Å²) in [5.41, 5.74) is 1.57. The topological polar surface area (TPSA) is 87.6 Å². The minimum absolute atomic E-state index is 0.0402. The zero-order valence-electron chi connectivity index (χ0n) is 14.3. The van der Waals surface area contributed by atoms with E-state index in [0.717, 1.165) is 17.5 Å². The van der Waals surface area contributed by atoms with Gasteiger partial charge in [0.2, 0.25) is 5.88 Å². The van der Waals surface area contributed by atoms with Gasteiger partial charge in [0.25, 0.3) is 0 Å². The monoisotopic (exact) mass is 364 g/mol. The van der Waals surface area contributed by atoms with Gasteiger partial charge in [0.1, 0.15) is 25.1 Å². The molecule has 7 heteroatoms. The van der Waals surface area contributed by atoms with E-state index < -0.39 is 12.1 Å². The van der Waals surface area contributed by atoms with Gasteiger partial charge in [-0.05, 0) is 11.1 Å². The van der Waals surface area contributed by atoms with E-state index in [-0.39, 0.29) is 24.7 Å². The molecular weight excluding hydrogens is 348 g/mol. The number of hydrogen-bond acceptors (Lipinski definition) is 7. The van der Waals surface area contributed by atoms with E-state index in [1.807, 2.05) is 60.7 Å². The first-order valence-corrected chi connectivity index (χ1v) is 8.12. The Labute approximate surface area is 155 Å². The van der Waals surface area contributed by atoms with Crippen molar-refractivity contribution in [1.29, 1.82) is 0 Å². The van der Waals surface area contributed by atoms with E-state index in [2.05, 4.69) is 9.97 Å². The van der Waals surface area contributed by atoms with Crippen molar-refractivity contribution in [2.24, 2.45) is 0 Å². The molecule has 0 aliphatic rings. The van der Waals surface area contributed by atoms with Crippen LogP contribution in [-0.2, 0) is 22.7 Å². The molecule has 1 heterocycles. The van der Waals surface area contributed by atoms with Gasteiger partial charge in [0.05, 0.1) is 0 Å². The van der Waals surface area contributed by atoms with Crippen LogP contribution in [0.5, 0.6) is 5.88 Å². The van der Waals surface area contributed by atoms with Crippen LogP contribution in [0.15, 0.2) is 73.2 Å². The average molecular weight is 364 g/mol. The maximum absolute atomic E-state index is 12.3. The van der Waals surface area contributed by atoms with E-state index in [0.29, 0.717) is 0 Å². The minimum Gasteiger partial charge on any atom is -0.457 e. The van der Waals surface area contributed by atoms with Crippen molar-refractivity contribution in [1.82, 2.24) is 9.97 Å². The summed E-state index contributed by atoms with van der Waals surface area (Å²) < 4.78 is 15.3. The Hall–Kier alpha value is -3.74. The summed E-state index contributed by atoms with van der Waals surface area (Å²) in [7, 11) is 0. The molecule has 2 aromatic carbocycles. The highest BCUT2D eigenvalue weighted by atomic mass is 16.7. The van der Waals surface area contributed by atoms with Gasteiger partial charge in [-0.1, -0.05) is 60.7 Å².